The molecule has 0 amide bonds. The van der Waals surface area contributed by atoms with Gasteiger partial charge < -0.3 is 15.9 Å². The topological polar surface area (TPSA) is 66.5 Å². The third-order valence-corrected chi connectivity index (χ3v) is 8.34. The van der Waals surface area contributed by atoms with E-state index in [0.717, 1.165) is 30.4 Å². The van der Waals surface area contributed by atoms with E-state index >= 15 is 0 Å². The summed E-state index contributed by atoms with van der Waals surface area (Å²) < 4.78 is 0. The normalized spacial score (nSPS) is 43.0. The molecular formula is C21H31NO2. The first-order valence-electron chi connectivity index (χ1n) is 9.41. The predicted molar refractivity (Wildman–Crippen MR) is 96.1 cm³/mol. The molecule has 0 aromatic heterocycles. The van der Waals surface area contributed by atoms with Crippen molar-refractivity contribution in [1.82, 2.24) is 0 Å². The average molecular weight is 329 g/mol. The highest BCUT2D eigenvalue weighted by Gasteiger charge is 2.62. The second-order valence-corrected chi connectivity index (χ2v) is 9.74. The van der Waals surface area contributed by atoms with Gasteiger partial charge in [-0.1, -0.05) is 27.7 Å². The van der Waals surface area contributed by atoms with Gasteiger partial charge in [-0.15, -0.1) is 0 Å². The van der Waals surface area contributed by atoms with Crippen LogP contribution in [0, 0.1) is 22.7 Å². The number of phenolic OH excluding ortho intramolecular Hbond substituents is 2. The highest BCUT2D eigenvalue weighted by Crippen LogP contribution is 2.68. The van der Waals surface area contributed by atoms with Crippen LogP contribution in [0.25, 0.3) is 0 Å². The van der Waals surface area contributed by atoms with E-state index in [1.54, 1.807) is 0 Å². The fraction of sp³-hybridized carbons (Fsp3) is 0.714. The second-order valence-electron chi connectivity index (χ2n) is 9.74. The number of hydrogen-bond donors (Lipinski definition) is 3. The lowest BCUT2D eigenvalue weighted by molar-refractivity contribution is -0.107. The van der Waals surface area contributed by atoms with Gasteiger partial charge in [-0.25, -0.2) is 0 Å². The van der Waals surface area contributed by atoms with Crippen molar-refractivity contribution in [3.05, 3.63) is 23.3 Å². The molecule has 132 valence electrons. The van der Waals surface area contributed by atoms with Gasteiger partial charge in [-0.3, -0.25) is 0 Å². The fourth-order valence-electron chi connectivity index (χ4n) is 7.05. The maximum absolute atomic E-state index is 10.6. The molecule has 0 bridgehead atoms. The standard InChI is InChI=1S/C21H31NO2/c1-19(2)15-5-7-21(4)16(20(15,3)8-6-17(19)22)10-12-9-13(23)11-14(24)18(12)21/h9,11,15-17,23-24H,5-8,10,22H2,1-4H3. The Bertz CT molecular complexity index is 697. The number of aromatic hydroxyl groups is 2. The van der Waals surface area contributed by atoms with E-state index in [2.05, 4.69) is 27.7 Å². The van der Waals surface area contributed by atoms with Crippen molar-refractivity contribution in [2.24, 2.45) is 28.4 Å². The zero-order valence-corrected chi connectivity index (χ0v) is 15.4. The molecule has 0 aliphatic heterocycles. The fourth-order valence-corrected chi connectivity index (χ4v) is 7.05. The van der Waals surface area contributed by atoms with Gasteiger partial charge in [0.25, 0.3) is 0 Å². The number of fused-ring (bicyclic) bond motifs is 5. The zero-order valence-electron chi connectivity index (χ0n) is 15.4. The maximum atomic E-state index is 10.6. The monoisotopic (exact) mass is 329 g/mol. The average Bonchev–Trinajstić information content (AvgIpc) is 2.77. The Morgan fingerprint density at radius 1 is 1.00 bits per heavy atom. The molecule has 4 rings (SSSR count). The van der Waals surface area contributed by atoms with E-state index in [1.165, 1.54) is 18.9 Å². The summed E-state index contributed by atoms with van der Waals surface area (Å²) >= 11 is 0. The number of rotatable bonds is 0. The van der Waals surface area contributed by atoms with E-state index in [9.17, 15) is 10.2 Å². The minimum absolute atomic E-state index is 0.00980. The Morgan fingerprint density at radius 3 is 2.42 bits per heavy atom. The van der Waals surface area contributed by atoms with Crippen LogP contribution in [-0.4, -0.2) is 16.3 Å². The van der Waals surface area contributed by atoms with Crippen molar-refractivity contribution in [3.63, 3.8) is 0 Å². The molecule has 3 aliphatic rings. The molecule has 2 fully saturated rings. The van der Waals surface area contributed by atoms with E-state index in [-0.39, 0.29) is 33.8 Å². The summed E-state index contributed by atoms with van der Waals surface area (Å²) in [4.78, 5) is 0. The van der Waals surface area contributed by atoms with E-state index < -0.39 is 0 Å². The van der Waals surface area contributed by atoms with Gasteiger partial charge in [0.15, 0.2) is 0 Å². The third-order valence-electron chi connectivity index (χ3n) is 8.34. The van der Waals surface area contributed by atoms with Gasteiger partial charge in [-0.05, 0) is 66.4 Å². The molecule has 0 heterocycles. The molecule has 5 atom stereocenters. The van der Waals surface area contributed by atoms with Crippen LogP contribution >= 0.6 is 0 Å². The molecule has 0 radical (unpaired) electrons. The molecule has 0 spiro atoms. The molecule has 3 aliphatic carbocycles. The zero-order chi connectivity index (χ0) is 17.5. The molecule has 4 N–H and O–H groups in total. The van der Waals surface area contributed by atoms with Gasteiger partial charge in [0.1, 0.15) is 11.5 Å². The van der Waals surface area contributed by atoms with Crippen molar-refractivity contribution in [2.45, 2.75) is 71.3 Å². The second kappa shape index (κ2) is 4.69. The Kier molecular flexibility index (Phi) is 3.18. The van der Waals surface area contributed by atoms with Crippen molar-refractivity contribution >= 4 is 0 Å². The number of hydrogen-bond acceptors (Lipinski definition) is 3. The third kappa shape index (κ3) is 1.82. The van der Waals surface area contributed by atoms with Gasteiger partial charge in [0.05, 0.1) is 0 Å². The number of nitrogens with two attached hydrogens (primary N) is 1. The Hall–Kier alpha value is -1.22. The van der Waals surface area contributed by atoms with Crippen LogP contribution in [0.15, 0.2) is 12.1 Å². The minimum Gasteiger partial charge on any atom is -0.508 e. The van der Waals surface area contributed by atoms with Crippen LogP contribution in [0.4, 0.5) is 0 Å². The summed E-state index contributed by atoms with van der Waals surface area (Å²) in [6.07, 6.45) is 5.49. The van der Waals surface area contributed by atoms with Crippen molar-refractivity contribution in [1.29, 1.82) is 0 Å². The summed E-state index contributed by atoms with van der Waals surface area (Å²) in [6, 6.07) is 3.67. The van der Waals surface area contributed by atoms with E-state index in [1.807, 2.05) is 6.07 Å². The lowest BCUT2D eigenvalue weighted by Crippen LogP contribution is -2.60. The van der Waals surface area contributed by atoms with E-state index in [4.69, 9.17) is 5.73 Å². The molecule has 3 nitrogen and oxygen atoms in total. The summed E-state index contributed by atoms with van der Waals surface area (Å²) in [5.41, 5.74) is 9.16. The van der Waals surface area contributed by atoms with Crippen molar-refractivity contribution < 1.29 is 10.2 Å². The number of benzene rings is 1. The van der Waals surface area contributed by atoms with Crippen LogP contribution in [0.1, 0.15) is 64.5 Å². The Labute approximate surface area is 145 Å². The summed E-state index contributed by atoms with van der Waals surface area (Å²) in [6.45, 7) is 9.51. The largest absolute Gasteiger partial charge is 0.508 e. The molecule has 1 aromatic rings. The predicted octanol–water partition coefficient (Wildman–Crippen LogP) is 4.09. The molecule has 24 heavy (non-hydrogen) atoms. The lowest BCUT2D eigenvalue weighted by Gasteiger charge is -2.62. The van der Waals surface area contributed by atoms with Crippen molar-refractivity contribution in [2.75, 3.05) is 0 Å². The van der Waals surface area contributed by atoms with Crippen molar-refractivity contribution in [3.8, 4) is 11.5 Å². The highest BCUT2D eigenvalue weighted by atomic mass is 16.3. The first-order chi connectivity index (χ1) is 11.1. The summed E-state index contributed by atoms with van der Waals surface area (Å²) in [7, 11) is 0. The Morgan fingerprint density at radius 2 is 1.71 bits per heavy atom. The van der Waals surface area contributed by atoms with Gasteiger partial charge in [0.2, 0.25) is 0 Å². The molecule has 3 heteroatoms. The van der Waals surface area contributed by atoms with Crippen LogP contribution in [0.3, 0.4) is 0 Å². The molecule has 0 saturated heterocycles. The van der Waals surface area contributed by atoms with Crippen LogP contribution < -0.4 is 5.73 Å². The molecule has 2 saturated carbocycles. The van der Waals surface area contributed by atoms with E-state index in [0.29, 0.717) is 11.8 Å². The maximum Gasteiger partial charge on any atom is 0.123 e. The minimum atomic E-state index is 0.00980. The summed E-state index contributed by atoms with van der Waals surface area (Å²) in [5.74, 6) is 1.60. The molecule has 1 aromatic carbocycles. The molecular weight excluding hydrogens is 298 g/mol. The Balaban J connectivity index is 1.83. The smallest absolute Gasteiger partial charge is 0.123 e. The van der Waals surface area contributed by atoms with Crippen LogP contribution in [0.5, 0.6) is 11.5 Å². The summed E-state index contributed by atoms with van der Waals surface area (Å²) in [5, 5.41) is 20.5. The first kappa shape index (κ1) is 16.3. The first-order valence-corrected chi connectivity index (χ1v) is 9.41. The van der Waals surface area contributed by atoms with Crippen LogP contribution in [0.2, 0.25) is 0 Å². The van der Waals surface area contributed by atoms with Gasteiger partial charge in [-0.2, -0.15) is 0 Å². The SMILES string of the molecule is CC12CCC3C(C)(C)C(N)CCC3(C)C1Cc1cc(O)cc(O)c12. The lowest BCUT2D eigenvalue weighted by atomic mass is 9.43. The van der Waals surface area contributed by atoms with Gasteiger partial charge >= 0.3 is 0 Å². The van der Waals surface area contributed by atoms with Crippen LogP contribution in [-0.2, 0) is 11.8 Å². The molecule has 5 unspecified atom stereocenters. The number of phenols is 2. The quantitative estimate of drug-likeness (QED) is 0.671. The highest BCUT2D eigenvalue weighted by molar-refractivity contribution is 5.54. The van der Waals surface area contributed by atoms with Gasteiger partial charge in [0, 0.05) is 23.1 Å².